The quantitative estimate of drug-likeness (QED) is 0.717. The molecule has 0 saturated carbocycles. The van der Waals surface area contributed by atoms with Gasteiger partial charge in [0.15, 0.2) is 11.8 Å². The van der Waals surface area contributed by atoms with Crippen molar-refractivity contribution in [3.8, 4) is 11.8 Å². The highest BCUT2D eigenvalue weighted by Gasteiger charge is 2.49. The molecule has 0 radical (unpaired) electrons. The van der Waals surface area contributed by atoms with E-state index in [0.29, 0.717) is 23.3 Å². The average molecular weight is 445 g/mol. The van der Waals surface area contributed by atoms with E-state index in [0.717, 1.165) is 17.2 Å². The second-order valence-electron chi connectivity index (χ2n) is 7.06. The Kier molecular flexibility index (Phi) is 5.90. The van der Waals surface area contributed by atoms with Crippen molar-refractivity contribution in [2.45, 2.75) is 25.0 Å². The first-order valence-corrected chi connectivity index (χ1v) is 11.2. The number of rotatable bonds is 5. The molecule has 30 heavy (non-hydrogen) atoms. The fourth-order valence-electron chi connectivity index (χ4n) is 3.51. The molecule has 1 amide bonds. The number of carbonyl (C=O) groups is 1. The fraction of sp³-hybridized carbons (Fsp3) is 0.421. The highest BCUT2D eigenvalue weighted by Crippen LogP contribution is 2.47. The lowest BCUT2D eigenvalue weighted by Crippen LogP contribution is -2.49. The van der Waals surface area contributed by atoms with Crippen LogP contribution in [0.5, 0.6) is 5.75 Å². The van der Waals surface area contributed by atoms with Crippen LogP contribution >= 0.6 is 23.1 Å². The minimum atomic E-state index is -0.604. The lowest BCUT2D eigenvalue weighted by molar-refractivity contribution is -0.0466. The number of hydrogen-bond donors (Lipinski definition) is 2. The van der Waals surface area contributed by atoms with Gasteiger partial charge in [0.25, 0.3) is 5.91 Å². The topological polar surface area (TPSA) is 136 Å². The van der Waals surface area contributed by atoms with Crippen LogP contribution in [0.4, 0.5) is 5.82 Å². The molecule has 2 aliphatic heterocycles. The molecular weight excluding hydrogens is 424 g/mol. The molecule has 3 N–H and O–H groups in total. The molecule has 9 nitrogen and oxygen atoms in total. The van der Waals surface area contributed by atoms with Gasteiger partial charge in [-0.3, -0.25) is 4.79 Å². The van der Waals surface area contributed by atoms with Crippen LogP contribution < -0.4 is 15.8 Å². The number of anilines is 1. The van der Waals surface area contributed by atoms with E-state index in [1.807, 2.05) is 6.07 Å². The second-order valence-corrected chi connectivity index (χ2v) is 8.96. The third-order valence-electron chi connectivity index (χ3n) is 5.01. The molecule has 156 valence electrons. The number of nitrogens with two attached hydrogens (primary N) is 1. The predicted molar refractivity (Wildman–Crippen MR) is 115 cm³/mol. The lowest BCUT2D eigenvalue weighted by atomic mass is 9.80. The zero-order valence-electron chi connectivity index (χ0n) is 16.2. The van der Waals surface area contributed by atoms with E-state index in [1.165, 1.54) is 23.6 Å². The number of fused-ring (bicyclic) bond motifs is 1. The first-order valence-electron chi connectivity index (χ1n) is 9.33. The summed E-state index contributed by atoms with van der Waals surface area (Å²) in [7, 11) is 0. The normalized spacial score (nSPS) is 25.5. The molecule has 2 aromatic rings. The standard InChI is InChI=1S/C19H20N6O3S2/c1-11-6-12-8-30-18(21)25-19(12,10-28-11)17-24-15(9-29-17)23-16(26)14-3-2-13(7-22-14)27-5-4-20/h2-3,7,9,11-12H,5-6,8,10H2,1H3,(H2,21,25)(H,23,26)/t11-,12?,19-/m0/s1. The number of amidine groups is 1. The first kappa shape index (κ1) is 20.6. The molecule has 4 rings (SSSR count). The first-order chi connectivity index (χ1) is 14.5. The monoisotopic (exact) mass is 444 g/mol. The Bertz CT molecular complexity index is 1000. The van der Waals surface area contributed by atoms with Crippen LogP contribution in [0.2, 0.25) is 0 Å². The number of aliphatic imine (C=N–C) groups is 1. The third kappa shape index (κ3) is 4.12. The van der Waals surface area contributed by atoms with E-state index in [1.54, 1.807) is 23.2 Å². The van der Waals surface area contributed by atoms with Crippen LogP contribution in [0.15, 0.2) is 28.7 Å². The SMILES string of the molecule is C[C@H]1CC2CSC(N)=N[C@@]2(c2nc(NC(=O)c3ccc(OCC#N)cn3)cs2)CO1. The number of pyridine rings is 1. The molecule has 2 aliphatic rings. The summed E-state index contributed by atoms with van der Waals surface area (Å²) >= 11 is 3.00. The van der Waals surface area contributed by atoms with Crippen LogP contribution in [0.3, 0.4) is 0 Å². The Labute approximate surface area is 181 Å². The van der Waals surface area contributed by atoms with Gasteiger partial charge in [0.1, 0.15) is 33.9 Å². The second kappa shape index (κ2) is 8.59. The molecule has 0 aliphatic carbocycles. The molecule has 4 heterocycles. The number of aromatic nitrogens is 2. The minimum absolute atomic E-state index is 0.0778. The van der Waals surface area contributed by atoms with Crippen molar-refractivity contribution >= 4 is 40.0 Å². The Hall–Kier alpha value is -2.68. The largest absolute Gasteiger partial charge is 0.477 e. The Balaban J connectivity index is 1.50. The summed E-state index contributed by atoms with van der Waals surface area (Å²) in [5, 5.41) is 14.4. The van der Waals surface area contributed by atoms with Crippen molar-refractivity contribution in [2.75, 3.05) is 24.3 Å². The maximum absolute atomic E-state index is 12.5. The lowest BCUT2D eigenvalue weighted by Gasteiger charge is -2.44. The molecule has 3 atom stereocenters. The Morgan fingerprint density at radius 3 is 3.17 bits per heavy atom. The van der Waals surface area contributed by atoms with Gasteiger partial charge in [0, 0.05) is 17.1 Å². The maximum Gasteiger partial charge on any atom is 0.275 e. The predicted octanol–water partition coefficient (Wildman–Crippen LogP) is 2.37. The van der Waals surface area contributed by atoms with E-state index >= 15 is 0 Å². The number of ether oxygens (including phenoxy) is 2. The van der Waals surface area contributed by atoms with Crippen molar-refractivity contribution in [3.05, 3.63) is 34.4 Å². The van der Waals surface area contributed by atoms with Crippen molar-refractivity contribution in [3.63, 3.8) is 0 Å². The summed E-state index contributed by atoms with van der Waals surface area (Å²) in [6.45, 7) is 2.41. The van der Waals surface area contributed by atoms with Gasteiger partial charge in [-0.25, -0.2) is 15.0 Å². The van der Waals surface area contributed by atoms with Crippen LogP contribution in [-0.4, -0.2) is 46.1 Å². The highest BCUT2D eigenvalue weighted by atomic mass is 32.2. The molecule has 2 aromatic heterocycles. The molecule has 0 bridgehead atoms. The van der Waals surface area contributed by atoms with Gasteiger partial charge in [0.2, 0.25) is 0 Å². The molecular formula is C19H20N6O3S2. The molecule has 1 saturated heterocycles. The number of amides is 1. The van der Waals surface area contributed by atoms with Crippen molar-refractivity contribution in [1.29, 1.82) is 5.26 Å². The minimum Gasteiger partial charge on any atom is -0.477 e. The van der Waals surface area contributed by atoms with Gasteiger partial charge < -0.3 is 20.5 Å². The van der Waals surface area contributed by atoms with Crippen LogP contribution in [0, 0.1) is 17.2 Å². The number of thiazole rings is 1. The fourth-order valence-corrected chi connectivity index (χ4v) is 5.48. The molecule has 0 aromatic carbocycles. The zero-order chi connectivity index (χ0) is 21.1. The highest BCUT2D eigenvalue weighted by molar-refractivity contribution is 8.13. The molecule has 1 unspecified atom stereocenters. The Morgan fingerprint density at radius 1 is 1.53 bits per heavy atom. The summed E-state index contributed by atoms with van der Waals surface area (Å²) in [5.74, 6) is 1.62. The number of carbonyl (C=O) groups excluding carboxylic acids is 1. The summed E-state index contributed by atoms with van der Waals surface area (Å²) in [6.07, 6.45) is 2.46. The summed E-state index contributed by atoms with van der Waals surface area (Å²) in [4.78, 5) is 26.0. The van der Waals surface area contributed by atoms with Crippen molar-refractivity contribution in [2.24, 2.45) is 16.6 Å². The van der Waals surface area contributed by atoms with Gasteiger partial charge in [-0.15, -0.1) is 11.3 Å². The van der Waals surface area contributed by atoms with E-state index in [-0.39, 0.29) is 30.2 Å². The van der Waals surface area contributed by atoms with Crippen LogP contribution in [-0.2, 0) is 10.3 Å². The zero-order valence-corrected chi connectivity index (χ0v) is 17.8. The summed E-state index contributed by atoms with van der Waals surface area (Å²) in [6, 6.07) is 5.00. The Morgan fingerprint density at radius 2 is 2.40 bits per heavy atom. The van der Waals surface area contributed by atoms with Gasteiger partial charge in [-0.05, 0) is 25.5 Å². The van der Waals surface area contributed by atoms with Gasteiger partial charge in [-0.1, -0.05) is 11.8 Å². The van der Waals surface area contributed by atoms with E-state index in [9.17, 15) is 4.79 Å². The van der Waals surface area contributed by atoms with E-state index in [4.69, 9.17) is 25.5 Å². The average Bonchev–Trinajstić information content (AvgIpc) is 3.22. The van der Waals surface area contributed by atoms with Crippen LogP contribution in [0.25, 0.3) is 0 Å². The number of thioether (sulfide) groups is 1. The smallest absolute Gasteiger partial charge is 0.275 e. The van der Waals surface area contributed by atoms with Crippen molar-refractivity contribution in [1.82, 2.24) is 9.97 Å². The molecule has 0 spiro atoms. The van der Waals surface area contributed by atoms with Crippen molar-refractivity contribution < 1.29 is 14.3 Å². The number of nitrogens with zero attached hydrogens (tertiary/aromatic N) is 4. The summed E-state index contributed by atoms with van der Waals surface area (Å²) < 4.78 is 11.1. The van der Waals surface area contributed by atoms with Gasteiger partial charge in [0.05, 0.1) is 18.9 Å². The van der Waals surface area contributed by atoms with Gasteiger partial charge >= 0.3 is 0 Å². The molecule has 1 fully saturated rings. The summed E-state index contributed by atoms with van der Waals surface area (Å²) in [5.41, 5.74) is 5.65. The number of nitrogens with one attached hydrogen (secondary N) is 1. The van der Waals surface area contributed by atoms with E-state index < -0.39 is 5.54 Å². The van der Waals surface area contributed by atoms with E-state index in [2.05, 4.69) is 22.2 Å². The maximum atomic E-state index is 12.5. The number of hydrogen-bond acceptors (Lipinski definition) is 10. The van der Waals surface area contributed by atoms with Gasteiger partial charge in [-0.2, -0.15) is 5.26 Å². The van der Waals surface area contributed by atoms with Crippen LogP contribution in [0.1, 0.15) is 28.8 Å². The number of nitriles is 1. The third-order valence-corrected chi connectivity index (χ3v) is 6.98. The molecule has 11 heteroatoms.